The van der Waals surface area contributed by atoms with Crippen LogP contribution in [0.25, 0.3) is 0 Å². The number of rotatable bonds is 6. The van der Waals surface area contributed by atoms with Crippen LogP contribution in [0.5, 0.6) is 0 Å². The lowest BCUT2D eigenvalue weighted by Gasteiger charge is -2.30. The van der Waals surface area contributed by atoms with Gasteiger partial charge in [0, 0.05) is 44.5 Å². The van der Waals surface area contributed by atoms with Crippen LogP contribution in [0.2, 0.25) is 0 Å². The molecule has 0 spiro atoms. The van der Waals surface area contributed by atoms with E-state index in [1.807, 2.05) is 17.9 Å². The van der Waals surface area contributed by atoms with Gasteiger partial charge in [-0.2, -0.15) is 5.10 Å². The van der Waals surface area contributed by atoms with Crippen molar-refractivity contribution in [1.29, 1.82) is 0 Å². The molecule has 1 aliphatic carbocycles. The molecule has 0 radical (unpaired) electrons. The van der Waals surface area contributed by atoms with Gasteiger partial charge in [0.05, 0.1) is 0 Å². The highest BCUT2D eigenvalue weighted by Crippen LogP contribution is 2.29. The third-order valence-corrected chi connectivity index (χ3v) is 4.59. The van der Waals surface area contributed by atoms with Crippen molar-refractivity contribution in [2.75, 3.05) is 26.2 Å². The second-order valence-electron chi connectivity index (χ2n) is 6.12. The Kier molecular flexibility index (Phi) is 4.18. The zero-order valence-electron chi connectivity index (χ0n) is 12.0. The number of nitrogens with one attached hydrogen (secondary N) is 1. The molecule has 2 aliphatic rings. The minimum absolute atomic E-state index is 0.878. The van der Waals surface area contributed by atoms with Crippen molar-refractivity contribution in [3.63, 3.8) is 0 Å². The molecule has 0 aromatic carbocycles. The Morgan fingerprint density at radius 3 is 2.74 bits per heavy atom. The van der Waals surface area contributed by atoms with Crippen LogP contribution in [0.15, 0.2) is 12.3 Å². The van der Waals surface area contributed by atoms with Gasteiger partial charge in [-0.1, -0.05) is 0 Å². The van der Waals surface area contributed by atoms with Crippen LogP contribution in [0, 0.1) is 5.92 Å². The van der Waals surface area contributed by atoms with Crippen LogP contribution < -0.4 is 5.32 Å². The predicted molar refractivity (Wildman–Crippen MR) is 77.1 cm³/mol. The van der Waals surface area contributed by atoms with E-state index in [1.165, 1.54) is 57.6 Å². The summed E-state index contributed by atoms with van der Waals surface area (Å²) in [6.45, 7) is 4.94. The Hall–Kier alpha value is -0.870. The fraction of sp³-hybridized carbons (Fsp3) is 0.800. The zero-order chi connectivity index (χ0) is 13.1. The second-order valence-corrected chi connectivity index (χ2v) is 6.12. The van der Waals surface area contributed by atoms with E-state index >= 15 is 0 Å². The summed E-state index contributed by atoms with van der Waals surface area (Å²) in [7, 11) is 2.05. The number of hydrogen-bond donors (Lipinski definition) is 1. The van der Waals surface area contributed by atoms with E-state index in [9.17, 15) is 0 Å². The quantitative estimate of drug-likeness (QED) is 0.842. The first-order valence-corrected chi connectivity index (χ1v) is 7.74. The molecule has 19 heavy (non-hydrogen) atoms. The van der Waals surface area contributed by atoms with E-state index in [4.69, 9.17) is 0 Å². The van der Waals surface area contributed by atoms with Gasteiger partial charge in [0.2, 0.25) is 0 Å². The van der Waals surface area contributed by atoms with Crippen molar-refractivity contribution in [1.82, 2.24) is 20.0 Å². The van der Waals surface area contributed by atoms with E-state index in [0.29, 0.717) is 0 Å². The van der Waals surface area contributed by atoms with Crippen molar-refractivity contribution in [2.45, 2.75) is 38.1 Å². The van der Waals surface area contributed by atoms with Crippen LogP contribution in [-0.4, -0.2) is 46.9 Å². The van der Waals surface area contributed by atoms with Crippen molar-refractivity contribution in [2.24, 2.45) is 13.0 Å². The van der Waals surface area contributed by atoms with Crippen molar-refractivity contribution < 1.29 is 0 Å². The van der Waals surface area contributed by atoms with Gasteiger partial charge in [-0.3, -0.25) is 9.58 Å². The molecule has 0 bridgehead atoms. The zero-order valence-corrected chi connectivity index (χ0v) is 12.0. The minimum atomic E-state index is 0.878. The summed E-state index contributed by atoms with van der Waals surface area (Å²) in [5.41, 5.74) is 1.36. The fourth-order valence-corrected chi connectivity index (χ4v) is 3.16. The van der Waals surface area contributed by atoms with Crippen molar-refractivity contribution >= 4 is 0 Å². The summed E-state index contributed by atoms with van der Waals surface area (Å²) < 4.78 is 2.01. The average Bonchev–Trinajstić information content (AvgIpc) is 3.20. The van der Waals surface area contributed by atoms with E-state index < -0.39 is 0 Å². The molecule has 106 valence electrons. The number of aromatic nitrogens is 2. The lowest BCUT2D eigenvalue weighted by molar-refractivity contribution is 0.198. The summed E-state index contributed by atoms with van der Waals surface area (Å²) in [5.74, 6) is 0.911. The van der Waals surface area contributed by atoms with Gasteiger partial charge in [-0.25, -0.2) is 0 Å². The first kappa shape index (κ1) is 13.1. The Morgan fingerprint density at radius 2 is 2.11 bits per heavy atom. The largest absolute Gasteiger partial charge is 0.317 e. The van der Waals surface area contributed by atoms with E-state index in [-0.39, 0.29) is 0 Å². The average molecular weight is 262 g/mol. The molecular weight excluding hydrogens is 236 g/mol. The smallest absolute Gasteiger partial charge is 0.0492 e. The molecule has 1 aliphatic heterocycles. The number of aryl methyl sites for hydroxylation is 1. The van der Waals surface area contributed by atoms with Crippen LogP contribution >= 0.6 is 0 Å². The topological polar surface area (TPSA) is 33.1 Å². The lowest BCUT2D eigenvalue weighted by atomic mass is 9.97. The third kappa shape index (κ3) is 3.57. The van der Waals surface area contributed by atoms with E-state index in [0.717, 1.165) is 18.4 Å². The highest BCUT2D eigenvalue weighted by molar-refractivity contribution is 5.01. The molecule has 2 heterocycles. The fourth-order valence-electron chi connectivity index (χ4n) is 3.16. The molecular formula is C15H26N4. The minimum Gasteiger partial charge on any atom is -0.317 e. The maximum absolute atomic E-state index is 4.26. The molecule has 0 atom stereocenters. The molecule has 1 aromatic rings. The summed E-state index contributed by atoms with van der Waals surface area (Å²) in [5, 5.41) is 7.73. The molecule has 1 saturated heterocycles. The molecule has 1 aromatic heterocycles. The molecule has 0 unspecified atom stereocenters. The van der Waals surface area contributed by atoms with Gasteiger partial charge in [-0.05, 0) is 50.8 Å². The lowest BCUT2D eigenvalue weighted by Crippen LogP contribution is -2.38. The Morgan fingerprint density at radius 1 is 1.32 bits per heavy atom. The molecule has 4 nitrogen and oxygen atoms in total. The molecule has 4 heteroatoms. The summed E-state index contributed by atoms with van der Waals surface area (Å²) in [6, 6.07) is 3.03. The molecule has 0 amide bonds. The van der Waals surface area contributed by atoms with Crippen LogP contribution in [0.4, 0.5) is 0 Å². The summed E-state index contributed by atoms with van der Waals surface area (Å²) in [6.07, 6.45) is 8.58. The first-order chi connectivity index (χ1) is 9.33. The highest BCUT2D eigenvalue weighted by Gasteiger charge is 2.30. The Labute approximate surface area is 116 Å². The molecule has 1 saturated carbocycles. The van der Waals surface area contributed by atoms with Gasteiger partial charge in [0.1, 0.15) is 0 Å². The van der Waals surface area contributed by atoms with Crippen LogP contribution in [-0.2, 0) is 13.5 Å². The normalized spacial score (nSPS) is 21.2. The number of nitrogens with zero attached hydrogens (tertiary/aromatic N) is 3. The van der Waals surface area contributed by atoms with Crippen LogP contribution in [0.1, 0.15) is 31.4 Å². The summed E-state index contributed by atoms with van der Waals surface area (Å²) >= 11 is 0. The van der Waals surface area contributed by atoms with Crippen molar-refractivity contribution in [3.8, 4) is 0 Å². The third-order valence-electron chi connectivity index (χ3n) is 4.59. The Balaban J connectivity index is 1.51. The van der Waals surface area contributed by atoms with E-state index in [2.05, 4.69) is 21.4 Å². The highest BCUT2D eigenvalue weighted by atomic mass is 15.3. The number of hydrogen-bond acceptors (Lipinski definition) is 3. The van der Waals surface area contributed by atoms with Crippen molar-refractivity contribution in [3.05, 3.63) is 18.0 Å². The number of piperidine rings is 1. The SMILES string of the molecule is Cn1nccc1CCN(CC1CCNCC1)C1CC1. The molecule has 2 fully saturated rings. The standard InChI is InChI=1S/C15H26N4/c1-18-14(6-10-17-18)7-11-19(15-2-3-15)12-13-4-8-16-9-5-13/h6,10,13,15-16H,2-5,7-9,11-12H2,1H3. The second kappa shape index (κ2) is 6.06. The Bertz CT molecular complexity index is 391. The maximum Gasteiger partial charge on any atom is 0.0492 e. The van der Waals surface area contributed by atoms with Crippen LogP contribution in [0.3, 0.4) is 0 Å². The summed E-state index contributed by atoms with van der Waals surface area (Å²) in [4.78, 5) is 2.74. The molecule has 3 rings (SSSR count). The maximum atomic E-state index is 4.26. The molecule has 1 N–H and O–H groups in total. The predicted octanol–water partition coefficient (Wildman–Crippen LogP) is 1.43. The van der Waals surface area contributed by atoms with Gasteiger partial charge in [0.25, 0.3) is 0 Å². The van der Waals surface area contributed by atoms with Gasteiger partial charge < -0.3 is 5.32 Å². The van der Waals surface area contributed by atoms with E-state index in [1.54, 1.807) is 0 Å². The monoisotopic (exact) mass is 262 g/mol. The van der Waals surface area contributed by atoms with Gasteiger partial charge in [-0.15, -0.1) is 0 Å². The van der Waals surface area contributed by atoms with Gasteiger partial charge >= 0.3 is 0 Å². The van der Waals surface area contributed by atoms with Gasteiger partial charge in [0.15, 0.2) is 0 Å². The first-order valence-electron chi connectivity index (χ1n) is 7.74.